The molecule has 0 heterocycles. The van der Waals surface area contributed by atoms with Crippen molar-refractivity contribution in [2.24, 2.45) is 0 Å². The highest BCUT2D eigenvalue weighted by molar-refractivity contribution is 5.72. The summed E-state index contributed by atoms with van der Waals surface area (Å²) in [5.41, 5.74) is 7.51. The van der Waals surface area contributed by atoms with E-state index in [4.69, 9.17) is 15.6 Å². The van der Waals surface area contributed by atoms with Crippen molar-refractivity contribution in [2.45, 2.75) is 32.8 Å². The first-order valence-corrected chi connectivity index (χ1v) is 6.08. The summed E-state index contributed by atoms with van der Waals surface area (Å²) >= 11 is 0. The zero-order chi connectivity index (χ0) is 12.7. The highest BCUT2D eigenvalue weighted by atomic mass is 16.5. The molecule has 0 aliphatic rings. The van der Waals surface area contributed by atoms with Gasteiger partial charge in [-0.25, -0.2) is 0 Å². The molecule has 0 saturated heterocycles. The molecular weight excluding hydrogens is 216 g/mol. The van der Waals surface area contributed by atoms with Crippen LogP contribution in [0, 0.1) is 0 Å². The van der Waals surface area contributed by atoms with Crippen molar-refractivity contribution in [3.05, 3.63) is 18.2 Å². The van der Waals surface area contributed by atoms with E-state index in [0.717, 1.165) is 25.1 Å². The summed E-state index contributed by atoms with van der Waals surface area (Å²) in [7, 11) is 0. The standard InChI is InChI=1S/C13H22N2O2/c1-3-17-12-8-4-7-11(13(12)14)15-9-5-6-10(2)16/h4,7-8,10,15-16H,3,5-6,9,14H2,1-2H3. The largest absolute Gasteiger partial charge is 0.492 e. The maximum atomic E-state index is 9.15. The van der Waals surface area contributed by atoms with E-state index < -0.39 is 0 Å². The predicted molar refractivity (Wildman–Crippen MR) is 71.4 cm³/mol. The Morgan fingerprint density at radius 2 is 2.24 bits per heavy atom. The van der Waals surface area contributed by atoms with Crippen LogP contribution in [0.25, 0.3) is 0 Å². The van der Waals surface area contributed by atoms with E-state index in [9.17, 15) is 0 Å². The molecule has 1 aromatic carbocycles. The van der Waals surface area contributed by atoms with Crippen LogP contribution < -0.4 is 15.8 Å². The molecule has 1 atom stereocenters. The Kier molecular flexibility index (Phi) is 5.63. The molecule has 1 rings (SSSR count). The van der Waals surface area contributed by atoms with E-state index in [1.165, 1.54) is 0 Å². The van der Waals surface area contributed by atoms with E-state index in [1.54, 1.807) is 6.92 Å². The second-order valence-corrected chi connectivity index (χ2v) is 4.07. The number of hydrogen-bond acceptors (Lipinski definition) is 4. The number of para-hydroxylation sites is 1. The first-order chi connectivity index (χ1) is 8.15. The molecular formula is C13H22N2O2. The summed E-state index contributed by atoms with van der Waals surface area (Å²) in [6, 6.07) is 5.71. The zero-order valence-electron chi connectivity index (χ0n) is 10.6. The maximum Gasteiger partial charge on any atom is 0.144 e. The van der Waals surface area contributed by atoms with Crippen molar-refractivity contribution in [1.29, 1.82) is 0 Å². The van der Waals surface area contributed by atoms with Crippen molar-refractivity contribution >= 4 is 11.4 Å². The molecule has 4 N–H and O–H groups in total. The van der Waals surface area contributed by atoms with Gasteiger partial charge in [-0.3, -0.25) is 0 Å². The minimum Gasteiger partial charge on any atom is -0.492 e. The summed E-state index contributed by atoms with van der Waals surface area (Å²) in [6.45, 7) is 5.13. The fraction of sp³-hybridized carbons (Fsp3) is 0.538. The van der Waals surface area contributed by atoms with Crippen LogP contribution in [0.4, 0.5) is 11.4 Å². The summed E-state index contributed by atoms with van der Waals surface area (Å²) in [5, 5.41) is 12.4. The Hall–Kier alpha value is -1.42. The van der Waals surface area contributed by atoms with Crippen molar-refractivity contribution < 1.29 is 9.84 Å². The van der Waals surface area contributed by atoms with Gasteiger partial charge in [0.15, 0.2) is 0 Å². The highest BCUT2D eigenvalue weighted by Crippen LogP contribution is 2.29. The van der Waals surface area contributed by atoms with Gasteiger partial charge in [0.2, 0.25) is 0 Å². The van der Waals surface area contributed by atoms with Crippen LogP contribution in [0.2, 0.25) is 0 Å². The van der Waals surface area contributed by atoms with Gasteiger partial charge in [-0.15, -0.1) is 0 Å². The van der Waals surface area contributed by atoms with Gasteiger partial charge in [0, 0.05) is 6.54 Å². The minimum absolute atomic E-state index is 0.246. The van der Waals surface area contributed by atoms with Crippen LogP contribution >= 0.6 is 0 Å². The molecule has 0 aliphatic carbocycles. The van der Waals surface area contributed by atoms with Crippen molar-refractivity contribution in [1.82, 2.24) is 0 Å². The Balaban J connectivity index is 2.50. The van der Waals surface area contributed by atoms with Crippen molar-refractivity contribution in [2.75, 3.05) is 24.2 Å². The number of nitrogens with one attached hydrogen (secondary N) is 1. The number of benzene rings is 1. The van der Waals surface area contributed by atoms with E-state index in [1.807, 2.05) is 25.1 Å². The average molecular weight is 238 g/mol. The van der Waals surface area contributed by atoms with E-state index in [2.05, 4.69) is 5.32 Å². The van der Waals surface area contributed by atoms with Crippen molar-refractivity contribution in [3.63, 3.8) is 0 Å². The van der Waals surface area contributed by atoms with E-state index >= 15 is 0 Å². The van der Waals surface area contributed by atoms with Gasteiger partial charge in [0.25, 0.3) is 0 Å². The van der Waals surface area contributed by atoms with Crippen LogP contribution in [0.5, 0.6) is 5.75 Å². The van der Waals surface area contributed by atoms with Crippen molar-refractivity contribution in [3.8, 4) is 5.75 Å². The van der Waals surface area contributed by atoms with Crippen LogP contribution in [0.3, 0.4) is 0 Å². The van der Waals surface area contributed by atoms with Gasteiger partial charge in [0.05, 0.1) is 24.1 Å². The molecule has 0 aromatic heterocycles. The molecule has 0 saturated carbocycles. The minimum atomic E-state index is -0.246. The molecule has 96 valence electrons. The Labute approximate surface area is 103 Å². The van der Waals surface area contributed by atoms with Crippen LogP contribution in [0.1, 0.15) is 26.7 Å². The predicted octanol–water partition coefficient (Wildman–Crippen LogP) is 2.24. The SMILES string of the molecule is CCOc1cccc(NCCCC(C)O)c1N. The third-order valence-electron chi connectivity index (χ3n) is 2.48. The fourth-order valence-corrected chi connectivity index (χ4v) is 1.60. The molecule has 1 unspecified atom stereocenters. The average Bonchev–Trinajstić information content (AvgIpc) is 2.29. The fourth-order valence-electron chi connectivity index (χ4n) is 1.60. The lowest BCUT2D eigenvalue weighted by atomic mass is 10.2. The van der Waals surface area contributed by atoms with Gasteiger partial charge in [-0.1, -0.05) is 6.07 Å². The van der Waals surface area contributed by atoms with Crippen LogP contribution in [-0.4, -0.2) is 24.4 Å². The first kappa shape index (κ1) is 13.6. The third-order valence-corrected chi connectivity index (χ3v) is 2.48. The number of anilines is 2. The second-order valence-electron chi connectivity index (χ2n) is 4.07. The van der Waals surface area contributed by atoms with Crippen LogP contribution in [-0.2, 0) is 0 Å². The second kappa shape index (κ2) is 7.01. The molecule has 17 heavy (non-hydrogen) atoms. The number of nitrogen functional groups attached to an aromatic ring is 1. The van der Waals surface area contributed by atoms with Gasteiger partial charge in [-0.2, -0.15) is 0 Å². The summed E-state index contributed by atoms with van der Waals surface area (Å²) in [5.74, 6) is 0.716. The van der Waals surface area contributed by atoms with Gasteiger partial charge in [0.1, 0.15) is 5.75 Å². The molecule has 4 heteroatoms. The summed E-state index contributed by atoms with van der Waals surface area (Å²) < 4.78 is 5.42. The number of nitrogens with two attached hydrogens (primary N) is 1. The zero-order valence-corrected chi connectivity index (χ0v) is 10.6. The number of aliphatic hydroxyl groups is 1. The lowest BCUT2D eigenvalue weighted by Gasteiger charge is -2.13. The highest BCUT2D eigenvalue weighted by Gasteiger charge is 2.04. The Morgan fingerprint density at radius 3 is 2.88 bits per heavy atom. The molecule has 0 amide bonds. The monoisotopic (exact) mass is 238 g/mol. The van der Waals surface area contributed by atoms with Gasteiger partial charge < -0.3 is 20.9 Å². The topological polar surface area (TPSA) is 67.5 Å². The quantitative estimate of drug-likeness (QED) is 0.503. The number of ether oxygens (including phenoxy) is 1. The van der Waals surface area contributed by atoms with Crippen LogP contribution in [0.15, 0.2) is 18.2 Å². The molecule has 0 fully saturated rings. The van der Waals surface area contributed by atoms with Gasteiger partial charge in [-0.05, 0) is 38.8 Å². The van der Waals surface area contributed by atoms with E-state index in [0.29, 0.717) is 18.0 Å². The lowest BCUT2D eigenvalue weighted by molar-refractivity contribution is 0.183. The van der Waals surface area contributed by atoms with Gasteiger partial charge >= 0.3 is 0 Å². The normalized spacial score (nSPS) is 12.2. The van der Waals surface area contributed by atoms with E-state index in [-0.39, 0.29) is 6.10 Å². The molecule has 0 spiro atoms. The molecule has 1 aromatic rings. The summed E-state index contributed by atoms with van der Waals surface area (Å²) in [6.07, 6.45) is 1.46. The lowest BCUT2D eigenvalue weighted by Crippen LogP contribution is -2.08. The number of rotatable bonds is 7. The number of aliphatic hydroxyl groups excluding tert-OH is 1. The first-order valence-electron chi connectivity index (χ1n) is 6.08. The summed E-state index contributed by atoms with van der Waals surface area (Å²) in [4.78, 5) is 0. The molecule has 0 bridgehead atoms. The smallest absolute Gasteiger partial charge is 0.144 e. The maximum absolute atomic E-state index is 9.15. The molecule has 0 radical (unpaired) electrons. The third kappa shape index (κ3) is 4.53. The number of hydrogen-bond donors (Lipinski definition) is 3. The molecule has 4 nitrogen and oxygen atoms in total. The Bertz CT molecular complexity index is 340. The Morgan fingerprint density at radius 1 is 1.47 bits per heavy atom. The molecule has 0 aliphatic heterocycles.